The molecule has 0 radical (unpaired) electrons. The molecule has 0 aromatic rings. The zero-order chi connectivity index (χ0) is 14.8. The zero-order valence-electron chi connectivity index (χ0n) is 10.9. The summed E-state index contributed by atoms with van der Waals surface area (Å²) in [7, 11) is 0. The van der Waals surface area contributed by atoms with Crippen LogP contribution in [0.3, 0.4) is 0 Å². The van der Waals surface area contributed by atoms with Crippen molar-refractivity contribution in [3.63, 3.8) is 0 Å². The maximum Gasteiger partial charge on any atom is 0.326 e. The molecule has 1 aliphatic rings. The van der Waals surface area contributed by atoms with Crippen LogP contribution in [0.25, 0.3) is 0 Å². The van der Waals surface area contributed by atoms with Crippen molar-refractivity contribution in [2.24, 2.45) is 11.1 Å². The number of carbonyl (C=O) groups excluding carboxylic acids is 2. The van der Waals surface area contributed by atoms with Gasteiger partial charge in [-0.3, -0.25) is 4.79 Å². The molecule has 0 bridgehead atoms. The average Bonchev–Trinajstić information content (AvgIpc) is 2.68. The molecule has 1 fully saturated rings. The summed E-state index contributed by atoms with van der Waals surface area (Å²) in [6, 6.07) is -1.68. The molecule has 1 rings (SSSR count). The van der Waals surface area contributed by atoms with Crippen LogP contribution in [-0.4, -0.2) is 58.3 Å². The smallest absolute Gasteiger partial charge is 0.326 e. The van der Waals surface area contributed by atoms with Gasteiger partial charge in [-0.15, -0.1) is 0 Å². The second-order valence-electron chi connectivity index (χ2n) is 5.30. The van der Waals surface area contributed by atoms with E-state index in [4.69, 9.17) is 10.8 Å². The third-order valence-corrected chi connectivity index (χ3v) is 3.17. The minimum Gasteiger partial charge on any atom is -0.480 e. The molecule has 1 saturated heterocycles. The number of aliphatic hydroxyl groups excluding tert-OH is 1. The summed E-state index contributed by atoms with van der Waals surface area (Å²) >= 11 is 0. The van der Waals surface area contributed by atoms with Crippen LogP contribution < -0.4 is 11.1 Å². The maximum absolute atomic E-state index is 11.9. The van der Waals surface area contributed by atoms with Crippen molar-refractivity contribution in [1.82, 2.24) is 10.2 Å². The van der Waals surface area contributed by atoms with Crippen LogP contribution in [0.5, 0.6) is 0 Å². The summed E-state index contributed by atoms with van der Waals surface area (Å²) < 4.78 is 0. The van der Waals surface area contributed by atoms with Crippen molar-refractivity contribution in [2.45, 2.75) is 32.4 Å². The van der Waals surface area contributed by atoms with Crippen molar-refractivity contribution in [1.29, 1.82) is 0 Å². The number of aliphatic hydroxyl groups is 1. The molecule has 0 saturated carbocycles. The van der Waals surface area contributed by atoms with Crippen molar-refractivity contribution in [3.8, 4) is 0 Å². The highest BCUT2D eigenvalue weighted by Gasteiger charge is 2.39. The van der Waals surface area contributed by atoms with E-state index in [2.05, 4.69) is 5.32 Å². The Morgan fingerprint density at radius 2 is 2.00 bits per heavy atom. The van der Waals surface area contributed by atoms with E-state index < -0.39 is 35.5 Å². The quantitative estimate of drug-likeness (QED) is 0.506. The summed E-state index contributed by atoms with van der Waals surface area (Å²) in [5.74, 6) is -1.73. The van der Waals surface area contributed by atoms with E-state index in [1.165, 1.54) is 0 Å². The number of carboxylic acid groups (broad SMARTS) is 1. The predicted molar refractivity (Wildman–Crippen MR) is 65.1 cm³/mol. The molecule has 8 nitrogen and oxygen atoms in total. The molecule has 2 atom stereocenters. The van der Waals surface area contributed by atoms with E-state index in [1.54, 1.807) is 13.8 Å². The molecule has 5 N–H and O–H groups in total. The normalized spacial score (nSPS) is 23.2. The van der Waals surface area contributed by atoms with Crippen molar-refractivity contribution in [2.75, 3.05) is 13.1 Å². The molecule has 1 heterocycles. The van der Waals surface area contributed by atoms with Gasteiger partial charge >= 0.3 is 12.0 Å². The lowest BCUT2D eigenvalue weighted by atomic mass is 9.93. The molecule has 0 spiro atoms. The number of carboxylic acids is 1. The standard InChI is InChI=1S/C11H19N3O5/c1-11(2,9(12)18)5-13-10(19)14-4-6(15)3-7(14)8(16)17/h6-7,15H,3-5H2,1-2H3,(H2,12,18)(H,13,19)(H,16,17)/t6-,7-/m0/s1. The lowest BCUT2D eigenvalue weighted by Crippen LogP contribution is -2.50. The lowest BCUT2D eigenvalue weighted by molar-refractivity contribution is -0.141. The molecule has 19 heavy (non-hydrogen) atoms. The van der Waals surface area contributed by atoms with Gasteiger partial charge in [-0.25, -0.2) is 9.59 Å². The monoisotopic (exact) mass is 273 g/mol. The van der Waals surface area contributed by atoms with Crippen LogP contribution in [0.1, 0.15) is 20.3 Å². The number of primary amides is 1. The molecule has 0 aromatic carbocycles. The van der Waals surface area contributed by atoms with Gasteiger partial charge in [0.25, 0.3) is 0 Å². The van der Waals surface area contributed by atoms with Crippen LogP contribution in [0.4, 0.5) is 4.79 Å². The third kappa shape index (κ3) is 3.57. The van der Waals surface area contributed by atoms with E-state index in [0.29, 0.717) is 0 Å². The number of likely N-dealkylation sites (tertiary alicyclic amines) is 1. The summed E-state index contributed by atoms with van der Waals surface area (Å²) in [4.78, 5) is 35.0. The molecule has 8 heteroatoms. The van der Waals surface area contributed by atoms with Crippen LogP contribution in [0, 0.1) is 5.41 Å². The van der Waals surface area contributed by atoms with E-state index in [9.17, 15) is 19.5 Å². The molecular weight excluding hydrogens is 254 g/mol. The highest BCUT2D eigenvalue weighted by molar-refractivity contribution is 5.84. The first kappa shape index (κ1) is 15.2. The Balaban J connectivity index is 2.63. The zero-order valence-corrected chi connectivity index (χ0v) is 10.9. The molecule has 0 unspecified atom stereocenters. The highest BCUT2D eigenvalue weighted by atomic mass is 16.4. The fourth-order valence-electron chi connectivity index (χ4n) is 1.76. The van der Waals surface area contributed by atoms with Crippen LogP contribution in [0.2, 0.25) is 0 Å². The van der Waals surface area contributed by atoms with Gasteiger partial charge in [0.15, 0.2) is 0 Å². The summed E-state index contributed by atoms with van der Waals surface area (Å²) in [6.07, 6.45) is -0.849. The average molecular weight is 273 g/mol. The SMILES string of the molecule is CC(C)(CNC(=O)N1C[C@@H](O)C[C@H]1C(=O)O)C(N)=O. The summed E-state index contributed by atoms with van der Waals surface area (Å²) in [5.41, 5.74) is 4.25. The van der Waals surface area contributed by atoms with Crippen LogP contribution in [0.15, 0.2) is 0 Å². The van der Waals surface area contributed by atoms with E-state index in [-0.39, 0.29) is 19.5 Å². The Kier molecular flexibility index (Phi) is 4.35. The van der Waals surface area contributed by atoms with E-state index in [0.717, 1.165) is 4.90 Å². The first-order valence-electron chi connectivity index (χ1n) is 5.90. The molecule has 0 aliphatic carbocycles. The number of rotatable bonds is 4. The van der Waals surface area contributed by atoms with Crippen molar-refractivity contribution < 1.29 is 24.6 Å². The number of aliphatic carboxylic acids is 1. The number of hydrogen-bond acceptors (Lipinski definition) is 4. The number of nitrogens with one attached hydrogen (secondary N) is 1. The van der Waals surface area contributed by atoms with E-state index >= 15 is 0 Å². The number of urea groups is 1. The van der Waals surface area contributed by atoms with E-state index in [1.807, 2.05) is 0 Å². The fourth-order valence-corrected chi connectivity index (χ4v) is 1.76. The summed E-state index contributed by atoms with van der Waals surface area (Å²) in [6.45, 7) is 3.10. The Bertz CT molecular complexity index is 396. The van der Waals surface area contributed by atoms with Crippen molar-refractivity contribution >= 4 is 17.9 Å². The minimum atomic E-state index is -1.17. The molecule has 0 aromatic heterocycles. The molecular formula is C11H19N3O5. The van der Waals surface area contributed by atoms with Crippen LogP contribution in [-0.2, 0) is 9.59 Å². The topological polar surface area (TPSA) is 133 Å². The Morgan fingerprint density at radius 1 is 1.42 bits per heavy atom. The Hall–Kier alpha value is -1.83. The Labute approximate surface area is 110 Å². The number of β-amino-alcohol motifs (C(OH)–C–C–N with tert-alkyl or cyclic N) is 1. The van der Waals surface area contributed by atoms with Gasteiger partial charge in [0.1, 0.15) is 6.04 Å². The Morgan fingerprint density at radius 3 is 2.47 bits per heavy atom. The number of carbonyl (C=O) groups is 3. The number of hydrogen-bond donors (Lipinski definition) is 4. The fraction of sp³-hybridized carbons (Fsp3) is 0.727. The van der Waals surface area contributed by atoms with Gasteiger partial charge in [-0.2, -0.15) is 0 Å². The van der Waals surface area contributed by atoms with Gasteiger partial charge in [0.05, 0.1) is 11.5 Å². The number of nitrogens with two attached hydrogens (primary N) is 1. The maximum atomic E-state index is 11.9. The second kappa shape index (κ2) is 5.43. The van der Waals surface area contributed by atoms with Gasteiger partial charge in [-0.05, 0) is 13.8 Å². The molecule has 108 valence electrons. The first-order chi connectivity index (χ1) is 8.65. The second-order valence-corrected chi connectivity index (χ2v) is 5.30. The molecule has 3 amide bonds. The van der Waals surface area contributed by atoms with Gasteiger partial charge in [0.2, 0.25) is 5.91 Å². The minimum absolute atomic E-state index is 0.000100. The van der Waals surface area contributed by atoms with Gasteiger partial charge < -0.3 is 26.2 Å². The van der Waals surface area contributed by atoms with Gasteiger partial charge in [-0.1, -0.05) is 0 Å². The van der Waals surface area contributed by atoms with Gasteiger partial charge in [0, 0.05) is 19.5 Å². The number of nitrogens with zero attached hydrogens (tertiary/aromatic N) is 1. The van der Waals surface area contributed by atoms with Crippen molar-refractivity contribution in [3.05, 3.63) is 0 Å². The molecule has 1 aliphatic heterocycles. The predicted octanol–water partition coefficient (Wildman–Crippen LogP) is -1.27. The van der Waals surface area contributed by atoms with Crippen LogP contribution >= 0.6 is 0 Å². The third-order valence-electron chi connectivity index (χ3n) is 3.17. The largest absolute Gasteiger partial charge is 0.480 e. The first-order valence-corrected chi connectivity index (χ1v) is 5.90. The number of amides is 3. The summed E-state index contributed by atoms with van der Waals surface area (Å²) in [5, 5.41) is 20.8. The highest BCUT2D eigenvalue weighted by Crippen LogP contribution is 2.19. The lowest BCUT2D eigenvalue weighted by Gasteiger charge is -2.25.